The number of hydrogen-bond acceptors (Lipinski definition) is 4. The van der Waals surface area contributed by atoms with Crippen LogP contribution in [0.1, 0.15) is 37.2 Å². The molecule has 1 saturated heterocycles. The van der Waals surface area contributed by atoms with Gasteiger partial charge in [0.05, 0.1) is 6.54 Å². The summed E-state index contributed by atoms with van der Waals surface area (Å²) < 4.78 is 1.21. The van der Waals surface area contributed by atoms with Crippen LogP contribution in [0.25, 0.3) is 10.1 Å². The van der Waals surface area contributed by atoms with Crippen LogP contribution in [0.15, 0.2) is 35.3 Å². The lowest BCUT2D eigenvalue weighted by atomic mass is 10.2. The van der Waals surface area contributed by atoms with Crippen molar-refractivity contribution in [3.05, 3.63) is 35.2 Å². The van der Waals surface area contributed by atoms with E-state index in [4.69, 9.17) is 0 Å². The Morgan fingerprint density at radius 1 is 1.26 bits per heavy atom. The van der Waals surface area contributed by atoms with Gasteiger partial charge in [-0.1, -0.05) is 18.2 Å². The smallest absolute Gasteiger partial charge is 0.191 e. The molecule has 0 bridgehead atoms. The molecular weight excluding hydrogens is 471 g/mol. The number of likely N-dealkylation sites (tertiary alicyclic amines) is 1. The van der Waals surface area contributed by atoms with Crippen LogP contribution in [0.2, 0.25) is 0 Å². The van der Waals surface area contributed by atoms with Gasteiger partial charge in [0, 0.05) is 22.7 Å². The number of hydrogen-bond donors (Lipinski definition) is 3. The van der Waals surface area contributed by atoms with Crippen molar-refractivity contribution in [2.24, 2.45) is 4.99 Å². The summed E-state index contributed by atoms with van der Waals surface area (Å²) in [5.74, 6) is 0.786. The quantitative estimate of drug-likeness (QED) is 0.224. The number of aliphatic hydroxyl groups is 1. The Kier molecular flexibility index (Phi) is 9.81. The minimum atomic E-state index is -0.563. The van der Waals surface area contributed by atoms with E-state index in [1.54, 1.807) is 11.3 Å². The van der Waals surface area contributed by atoms with Crippen LogP contribution in [0.5, 0.6) is 0 Å². The largest absolute Gasteiger partial charge is 0.386 e. The Labute approximate surface area is 183 Å². The molecule has 1 unspecified atom stereocenters. The zero-order valence-electron chi connectivity index (χ0n) is 16.0. The van der Waals surface area contributed by atoms with Gasteiger partial charge in [-0.2, -0.15) is 0 Å². The maximum atomic E-state index is 10.5. The van der Waals surface area contributed by atoms with Crippen molar-refractivity contribution < 1.29 is 5.11 Å². The van der Waals surface area contributed by atoms with E-state index in [-0.39, 0.29) is 24.0 Å². The van der Waals surface area contributed by atoms with E-state index in [1.165, 1.54) is 36.0 Å². The molecule has 150 valence electrons. The van der Waals surface area contributed by atoms with Crippen molar-refractivity contribution in [2.75, 3.05) is 39.3 Å². The van der Waals surface area contributed by atoms with Gasteiger partial charge >= 0.3 is 0 Å². The second kappa shape index (κ2) is 11.8. The van der Waals surface area contributed by atoms with Gasteiger partial charge in [-0.25, -0.2) is 0 Å². The van der Waals surface area contributed by atoms with Gasteiger partial charge in [-0.3, -0.25) is 4.99 Å². The highest BCUT2D eigenvalue weighted by molar-refractivity contribution is 14.0. The molecule has 1 fully saturated rings. The number of aliphatic hydroxyl groups excluding tert-OH is 1. The van der Waals surface area contributed by atoms with Crippen LogP contribution in [0.3, 0.4) is 0 Å². The lowest BCUT2D eigenvalue weighted by molar-refractivity contribution is 0.191. The van der Waals surface area contributed by atoms with Gasteiger partial charge in [0.2, 0.25) is 0 Å². The average Bonchev–Trinajstić information content (AvgIpc) is 3.32. The van der Waals surface area contributed by atoms with Gasteiger partial charge in [0.15, 0.2) is 5.96 Å². The third-order valence-electron chi connectivity index (χ3n) is 4.68. The standard InChI is InChI=1S/C20H30N4OS.HI/c1-2-21-20(22-10-7-13-24-11-5-6-12-24)23-15-17(25)19-14-16-8-3-4-9-18(16)26-19;/h3-4,8-9,14,17,25H,2,5-7,10-13,15H2,1H3,(H2,21,22,23);1H. The molecule has 3 N–H and O–H groups in total. The minimum absolute atomic E-state index is 0. The molecule has 7 heteroatoms. The second-order valence-corrected chi connectivity index (χ2v) is 7.87. The molecule has 3 rings (SSSR count). The van der Waals surface area contributed by atoms with Crippen molar-refractivity contribution in [2.45, 2.75) is 32.3 Å². The molecule has 2 heterocycles. The van der Waals surface area contributed by atoms with Crippen molar-refractivity contribution in [3.8, 4) is 0 Å². The Balaban J connectivity index is 0.00000261. The van der Waals surface area contributed by atoms with Gasteiger partial charge in [0.1, 0.15) is 6.10 Å². The fourth-order valence-corrected chi connectivity index (χ4v) is 4.33. The van der Waals surface area contributed by atoms with Gasteiger partial charge in [0.25, 0.3) is 0 Å². The average molecular weight is 502 g/mol. The van der Waals surface area contributed by atoms with E-state index in [2.05, 4.69) is 45.6 Å². The molecule has 0 spiro atoms. The Hall–Kier alpha value is -0.900. The number of aliphatic imine (C=N–C) groups is 1. The molecule has 0 radical (unpaired) electrons. The zero-order valence-corrected chi connectivity index (χ0v) is 19.1. The molecule has 1 atom stereocenters. The van der Waals surface area contributed by atoms with Crippen LogP contribution in [0, 0.1) is 0 Å². The number of nitrogens with one attached hydrogen (secondary N) is 2. The van der Waals surface area contributed by atoms with E-state index in [1.807, 2.05) is 12.1 Å². The first-order valence-electron chi connectivity index (χ1n) is 9.67. The van der Waals surface area contributed by atoms with Crippen molar-refractivity contribution in [3.63, 3.8) is 0 Å². The molecule has 1 aromatic carbocycles. The summed E-state index contributed by atoms with van der Waals surface area (Å²) in [6, 6.07) is 10.3. The Morgan fingerprint density at radius 2 is 2.04 bits per heavy atom. The molecule has 1 aliphatic heterocycles. The second-order valence-electron chi connectivity index (χ2n) is 6.75. The molecule has 27 heavy (non-hydrogen) atoms. The van der Waals surface area contributed by atoms with Crippen molar-refractivity contribution in [1.29, 1.82) is 0 Å². The van der Waals surface area contributed by atoms with Gasteiger partial charge in [-0.05, 0) is 63.3 Å². The SMILES string of the molecule is CCNC(=NCC(O)c1cc2ccccc2s1)NCCCN1CCCC1.I. The predicted molar refractivity (Wildman–Crippen MR) is 126 cm³/mol. The van der Waals surface area contributed by atoms with Crippen molar-refractivity contribution >= 4 is 51.4 Å². The number of thiophene rings is 1. The highest BCUT2D eigenvalue weighted by Crippen LogP contribution is 2.29. The molecule has 5 nitrogen and oxygen atoms in total. The highest BCUT2D eigenvalue weighted by Gasteiger charge is 2.12. The maximum absolute atomic E-state index is 10.5. The van der Waals surface area contributed by atoms with Gasteiger partial charge < -0.3 is 20.6 Å². The first-order valence-corrected chi connectivity index (χ1v) is 10.5. The summed E-state index contributed by atoms with van der Waals surface area (Å²) >= 11 is 1.64. The third kappa shape index (κ3) is 6.89. The third-order valence-corrected chi connectivity index (χ3v) is 5.90. The predicted octanol–water partition coefficient (Wildman–Crippen LogP) is 3.59. The summed E-state index contributed by atoms with van der Waals surface area (Å²) in [6.45, 7) is 7.79. The number of halogens is 1. The molecule has 1 aromatic heterocycles. The summed E-state index contributed by atoms with van der Waals surface area (Å²) in [5.41, 5.74) is 0. The molecule has 0 amide bonds. The van der Waals surface area contributed by atoms with E-state index >= 15 is 0 Å². The van der Waals surface area contributed by atoms with Crippen LogP contribution >= 0.6 is 35.3 Å². The number of guanidine groups is 1. The lowest BCUT2D eigenvalue weighted by Gasteiger charge is -2.16. The molecule has 0 aliphatic carbocycles. The van der Waals surface area contributed by atoms with Crippen molar-refractivity contribution in [1.82, 2.24) is 15.5 Å². The number of nitrogens with zero attached hydrogens (tertiary/aromatic N) is 2. The molecular formula is C20H31IN4OS. The van der Waals surface area contributed by atoms with Crippen LogP contribution in [0.4, 0.5) is 0 Å². The van der Waals surface area contributed by atoms with Crippen LogP contribution in [-0.4, -0.2) is 55.2 Å². The topological polar surface area (TPSA) is 59.9 Å². The number of benzene rings is 1. The van der Waals surface area contributed by atoms with E-state index in [0.29, 0.717) is 6.54 Å². The minimum Gasteiger partial charge on any atom is -0.386 e. The first kappa shape index (κ1) is 22.4. The zero-order chi connectivity index (χ0) is 18.2. The van der Waals surface area contributed by atoms with E-state index < -0.39 is 6.10 Å². The molecule has 2 aromatic rings. The number of rotatable bonds is 8. The summed E-state index contributed by atoms with van der Waals surface area (Å²) in [4.78, 5) is 8.06. The van der Waals surface area contributed by atoms with Crippen LogP contribution < -0.4 is 10.6 Å². The fourth-order valence-electron chi connectivity index (χ4n) is 3.29. The molecule has 0 saturated carbocycles. The summed E-state index contributed by atoms with van der Waals surface area (Å²) in [7, 11) is 0. The normalized spacial score (nSPS) is 16.3. The fraction of sp³-hybridized carbons (Fsp3) is 0.550. The van der Waals surface area contributed by atoms with Gasteiger partial charge in [-0.15, -0.1) is 35.3 Å². The number of fused-ring (bicyclic) bond motifs is 1. The highest BCUT2D eigenvalue weighted by atomic mass is 127. The first-order chi connectivity index (χ1) is 12.8. The summed E-state index contributed by atoms with van der Waals surface area (Å²) in [6.07, 6.45) is 3.23. The van der Waals surface area contributed by atoms with E-state index in [0.717, 1.165) is 36.9 Å². The summed E-state index contributed by atoms with van der Waals surface area (Å²) in [5, 5.41) is 18.3. The van der Waals surface area contributed by atoms with Crippen LogP contribution in [-0.2, 0) is 0 Å². The van der Waals surface area contributed by atoms with E-state index in [9.17, 15) is 5.11 Å². The molecule has 1 aliphatic rings. The maximum Gasteiger partial charge on any atom is 0.191 e. The monoisotopic (exact) mass is 502 g/mol. The Morgan fingerprint density at radius 3 is 2.78 bits per heavy atom. The lowest BCUT2D eigenvalue weighted by Crippen LogP contribution is -2.39. The Bertz CT molecular complexity index is 682.